The number of fused-ring (bicyclic) bond motifs is 1. The van der Waals surface area contributed by atoms with Gasteiger partial charge in [-0.25, -0.2) is 4.98 Å². The van der Waals surface area contributed by atoms with Gasteiger partial charge >= 0.3 is 0 Å². The van der Waals surface area contributed by atoms with Crippen molar-refractivity contribution in [2.75, 3.05) is 6.54 Å². The van der Waals surface area contributed by atoms with E-state index in [-0.39, 0.29) is 11.7 Å². The predicted octanol–water partition coefficient (Wildman–Crippen LogP) is 2.83. The fourth-order valence-electron chi connectivity index (χ4n) is 3.24. The van der Waals surface area contributed by atoms with Gasteiger partial charge in [0.05, 0.1) is 12.2 Å². The number of hydrogen-bond acceptors (Lipinski definition) is 5. The fraction of sp³-hybridized carbons (Fsp3) is 0.278. The van der Waals surface area contributed by atoms with E-state index in [4.69, 9.17) is 0 Å². The van der Waals surface area contributed by atoms with Crippen LogP contribution in [0.15, 0.2) is 53.4 Å². The van der Waals surface area contributed by atoms with E-state index in [2.05, 4.69) is 15.3 Å². The first kappa shape index (κ1) is 15.4. The average molecular weight is 335 g/mol. The van der Waals surface area contributed by atoms with Gasteiger partial charge in [0.15, 0.2) is 5.82 Å². The monoisotopic (exact) mass is 335 g/mol. The first-order valence-electron chi connectivity index (χ1n) is 8.29. The van der Waals surface area contributed by atoms with Gasteiger partial charge in [-0.05, 0) is 36.6 Å². The van der Waals surface area contributed by atoms with Crippen LogP contribution in [-0.2, 0) is 17.8 Å². The Kier molecular flexibility index (Phi) is 3.97. The first-order chi connectivity index (χ1) is 12.3. The Balaban J connectivity index is 1.64. The molecule has 126 valence electrons. The summed E-state index contributed by atoms with van der Waals surface area (Å²) >= 11 is 0. The van der Waals surface area contributed by atoms with Crippen molar-refractivity contribution in [3.05, 3.63) is 64.4 Å². The lowest BCUT2D eigenvalue weighted by atomic mass is 10.0. The number of pyridine rings is 1. The Hall–Kier alpha value is -3.09. The number of carbonyl (C=O) groups excluding carboxylic acids is 1. The molecule has 0 saturated carbocycles. The molecule has 2 aromatic rings. The molecule has 0 unspecified atom stereocenters. The quantitative estimate of drug-likeness (QED) is 0.808. The van der Waals surface area contributed by atoms with Crippen molar-refractivity contribution in [3.8, 4) is 5.82 Å². The molecule has 1 aliphatic carbocycles. The largest absolute Gasteiger partial charge is 0.332 e. The molecule has 1 aliphatic heterocycles. The number of hydrogen-bond donors (Lipinski definition) is 0. The molecule has 0 N–H and O–H groups in total. The minimum atomic E-state index is 0.00889. The Morgan fingerprint density at radius 1 is 1.24 bits per heavy atom. The molecule has 0 atom stereocenters. The van der Waals surface area contributed by atoms with Crippen LogP contribution in [0.5, 0.6) is 0 Å². The molecule has 0 spiro atoms. The average Bonchev–Trinajstić information content (AvgIpc) is 3.06. The third kappa shape index (κ3) is 2.77. The summed E-state index contributed by atoms with van der Waals surface area (Å²) in [6.45, 7) is 0.926. The van der Waals surface area contributed by atoms with Crippen LogP contribution in [0.3, 0.4) is 0 Å². The van der Waals surface area contributed by atoms with Gasteiger partial charge in [0.2, 0.25) is 5.82 Å². The zero-order chi connectivity index (χ0) is 17.2. The van der Waals surface area contributed by atoms with E-state index in [1.165, 1.54) is 4.68 Å². The van der Waals surface area contributed by atoms with E-state index in [9.17, 15) is 9.70 Å². The minimum absolute atomic E-state index is 0.00889. The van der Waals surface area contributed by atoms with E-state index in [0.717, 1.165) is 24.0 Å². The lowest BCUT2D eigenvalue weighted by molar-refractivity contribution is -0.127. The topological polar surface area (TPSA) is 80.5 Å². The second-order valence-electron chi connectivity index (χ2n) is 6.06. The fourth-order valence-corrected chi connectivity index (χ4v) is 3.24. The van der Waals surface area contributed by atoms with Crippen molar-refractivity contribution in [1.29, 1.82) is 0 Å². The number of carbonyl (C=O) groups is 1. The third-order valence-electron chi connectivity index (χ3n) is 4.49. The van der Waals surface area contributed by atoms with E-state index < -0.39 is 0 Å². The van der Waals surface area contributed by atoms with Gasteiger partial charge in [-0.3, -0.25) is 4.79 Å². The molecule has 2 aliphatic rings. The number of rotatable bonds is 3. The van der Waals surface area contributed by atoms with Crippen LogP contribution in [0.4, 0.5) is 5.82 Å². The minimum Gasteiger partial charge on any atom is -0.332 e. The molecule has 7 nitrogen and oxygen atoms in total. The summed E-state index contributed by atoms with van der Waals surface area (Å²) in [5.41, 5.74) is 2.24. The van der Waals surface area contributed by atoms with Gasteiger partial charge < -0.3 is 4.90 Å². The molecule has 4 rings (SSSR count). The van der Waals surface area contributed by atoms with Crippen molar-refractivity contribution >= 4 is 11.7 Å². The summed E-state index contributed by atoms with van der Waals surface area (Å²) in [5.74, 6) is 0.828. The highest BCUT2D eigenvalue weighted by Gasteiger charge is 2.29. The maximum absolute atomic E-state index is 12.7. The predicted molar refractivity (Wildman–Crippen MR) is 92.4 cm³/mol. The molecule has 0 fully saturated rings. The van der Waals surface area contributed by atoms with Gasteiger partial charge in [-0.15, -0.1) is 4.91 Å². The number of aromatic nitrogens is 3. The normalized spacial score (nSPS) is 16.3. The van der Waals surface area contributed by atoms with Gasteiger partial charge in [0, 0.05) is 23.9 Å². The summed E-state index contributed by atoms with van der Waals surface area (Å²) in [7, 11) is 0. The molecule has 7 heteroatoms. The third-order valence-corrected chi connectivity index (χ3v) is 4.49. The van der Waals surface area contributed by atoms with Gasteiger partial charge in [-0.1, -0.05) is 24.3 Å². The van der Waals surface area contributed by atoms with Gasteiger partial charge in [0.1, 0.15) is 0 Å². The van der Waals surface area contributed by atoms with Crippen LogP contribution in [-0.4, -0.2) is 32.1 Å². The van der Waals surface area contributed by atoms with Crippen molar-refractivity contribution < 1.29 is 4.79 Å². The Bertz CT molecular complexity index is 882. The van der Waals surface area contributed by atoms with Crippen LogP contribution in [0.1, 0.15) is 24.1 Å². The van der Waals surface area contributed by atoms with Crippen molar-refractivity contribution in [1.82, 2.24) is 19.7 Å². The van der Waals surface area contributed by atoms with E-state index in [1.807, 2.05) is 24.3 Å². The molecule has 0 radical (unpaired) electrons. The summed E-state index contributed by atoms with van der Waals surface area (Å²) < 4.78 is 1.46. The van der Waals surface area contributed by atoms with Crippen molar-refractivity contribution in [2.45, 2.75) is 25.8 Å². The number of amides is 1. The highest BCUT2D eigenvalue weighted by molar-refractivity contribution is 5.96. The highest BCUT2D eigenvalue weighted by atomic mass is 16.3. The number of nitroso groups, excluding NO2 is 1. The SMILES string of the molecule is O=Nc1c2c(nn1-c1ccccn1)CN(C(=O)C1=CCCC=C1)CC2. The lowest BCUT2D eigenvalue weighted by Gasteiger charge is -2.27. The maximum atomic E-state index is 12.7. The Morgan fingerprint density at radius 2 is 2.16 bits per heavy atom. The molecule has 2 aromatic heterocycles. The molecule has 25 heavy (non-hydrogen) atoms. The molecule has 0 aromatic carbocycles. The summed E-state index contributed by atoms with van der Waals surface area (Å²) in [6, 6.07) is 5.40. The van der Waals surface area contributed by atoms with Gasteiger partial charge in [-0.2, -0.15) is 9.78 Å². The smallest absolute Gasteiger partial charge is 0.253 e. The van der Waals surface area contributed by atoms with Gasteiger partial charge in [0.25, 0.3) is 5.91 Å². The van der Waals surface area contributed by atoms with Crippen LogP contribution in [0, 0.1) is 4.91 Å². The second kappa shape index (κ2) is 6.43. The zero-order valence-corrected chi connectivity index (χ0v) is 13.6. The molecule has 3 heterocycles. The van der Waals surface area contributed by atoms with Crippen molar-refractivity contribution in [3.63, 3.8) is 0 Å². The molecule has 0 bridgehead atoms. The van der Waals surface area contributed by atoms with E-state index in [1.54, 1.807) is 23.2 Å². The summed E-state index contributed by atoms with van der Waals surface area (Å²) in [6.07, 6.45) is 9.95. The van der Waals surface area contributed by atoms with Crippen molar-refractivity contribution in [2.24, 2.45) is 5.18 Å². The Morgan fingerprint density at radius 3 is 2.88 bits per heavy atom. The van der Waals surface area contributed by atoms with E-state index >= 15 is 0 Å². The highest BCUT2D eigenvalue weighted by Crippen LogP contribution is 2.30. The van der Waals surface area contributed by atoms with Crippen LogP contribution in [0.25, 0.3) is 5.82 Å². The maximum Gasteiger partial charge on any atom is 0.253 e. The zero-order valence-electron chi connectivity index (χ0n) is 13.6. The lowest BCUT2D eigenvalue weighted by Crippen LogP contribution is -2.36. The first-order valence-corrected chi connectivity index (χ1v) is 8.29. The number of nitrogens with zero attached hydrogens (tertiary/aromatic N) is 5. The molecule has 0 saturated heterocycles. The van der Waals surface area contributed by atoms with Crippen LogP contribution >= 0.6 is 0 Å². The standard InChI is InChI=1S/C18H17N5O2/c24-18(13-6-2-1-3-7-13)22-11-9-14-15(12-22)20-23(17(14)21-25)16-8-4-5-10-19-16/h2,4-8,10H,1,3,9,11-12H2. The van der Waals surface area contributed by atoms with Crippen LogP contribution in [0.2, 0.25) is 0 Å². The Labute approximate surface area is 144 Å². The molecule has 1 amide bonds. The van der Waals surface area contributed by atoms with Crippen LogP contribution < -0.4 is 0 Å². The summed E-state index contributed by atoms with van der Waals surface area (Å²) in [5, 5.41) is 7.66. The summed E-state index contributed by atoms with van der Waals surface area (Å²) in [4.78, 5) is 30.0. The van der Waals surface area contributed by atoms with E-state index in [0.29, 0.717) is 31.0 Å². The number of allylic oxidation sites excluding steroid dienone is 2. The molecular formula is C18H17N5O2. The molecular weight excluding hydrogens is 318 g/mol. The second-order valence-corrected chi connectivity index (χ2v) is 6.06.